The van der Waals surface area contributed by atoms with Crippen molar-refractivity contribution in [3.8, 4) is 0 Å². The molecule has 1 amide bonds. The molecule has 0 aromatic heterocycles. The monoisotopic (exact) mass is 256 g/mol. The third-order valence-electron chi connectivity index (χ3n) is 3.61. The third-order valence-corrected chi connectivity index (χ3v) is 3.61. The molecule has 2 unspecified atom stereocenters. The highest BCUT2D eigenvalue weighted by Gasteiger charge is 2.27. The van der Waals surface area contributed by atoms with Crippen molar-refractivity contribution in [1.29, 1.82) is 0 Å². The lowest BCUT2D eigenvalue weighted by molar-refractivity contribution is -0.138. The zero-order valence-corrected chi connectivity index (χ0v) is 11.1. The molecular formula is C13H24N2O3. The van der Waals surface area contributed by atoms with Crippen LogP contribution in [0.5, 0.6) is 0 Å². The fourth-order valence-corrected chi connectivity index (χ4v) is 2.43. The lowest BCUT2D eigenvalue weighted by Gasteiger charge is -2.17. The maximum atomic E-state index is 11.9. The summed E-state index contributed by atoms with van der Waals surface area (Å²) < 4.78 is 0. The molecule has 1 saturated heterocycles. The largest absolute Gasteiger partial charge is 0.481 e. The average Bonchev–Trinajstić information content (AvgIpc) is 2.74. The number of nitrogens with zero attached hydrogens (tertiary/aromatic N) is 1. The van der Waals surface area contributed by atoms with Crippen LogP contribution >= 0.6 is 0 Å². The molecule has 0 aromatic carbocycles. The Morgan fingerprint density at radius 3 is 2.78 bits per heavy atom. The van der Waals surface area contributed by atoms with Gasteiger partial charge in [0, 0.05) is 25.9 Å². The molecule has 5 heteroatoms. The molecule has 2 atom stereocenters. The predicted octanol–water partition coefficient (Wildman–Crippen LogP) is 1.07. The summed E-state index contributed by atoms with van der Waals surface area (Å²) in [4.78, 5) is 24.3. The summed E-state index contributed by atoms with van der Waals surface area (Å²) in [6, 6.07) is 0. The van der Waals surface area contributed by atoms with E-state index in [1.54, 1.807) is 0 Å². The number of aliphatic carboxylic acids is 1. The lowest BCUT2D eigenvalue weighted by Crippen LogP contribution is -2.29. The SMILES string of the molecule is CC(CCN)CCC(=O)N1CCC(CC(=O)O)C1. The zero-order chi connectivity index (χ0) is 13.5. The number of hydrogen-bond acceptors (Lipinski definition) is 3. The highest BCUT2D eigenvalue weighted by molar-refractivity contribution is 5.76. The van der Waals surface area contributed by atoms with E-state index in [1.165, 1.54) is 0 Å². The van der Waals surface area contributed by atoms with Crippen LogP contribution in [-0.2, 0) is 9.59 Å². The molecule has 1 aliphatic rings. The maximum Gasteiger partial charge on any atom is 0.303 e. The van der Waals surface area contributed by atoms with Gasteiger partial charge in [-0.25, -0.2) is 0 Å². The number of amides is 1. The quantitative estimate of drug-likeness (QED) is 0.714. The predicted molar refractivity (Wildman–Crippen MR) is 69.0 cm³/mol. The van der Waals surface area contributed by atoms with Gasteiger partial charge in [0.15, 0.2) is 0 Å². The number of carboxylic acids is 1. The number of hydrogen-bond donors (Lipinski definition) is 2. The van der Waals surface area contributed by atoms with Gasteiger partial charge < -0.3 is 15.7 Å². The van der Waals surface area contributed by atoms with Gasteiger partial charge in [-0.05, 0) is 37.6 Å². The summed E-state index contributed by atoms with van der Waals surface area (Å²) in [5.74, 6) is 0.00177. The Kier molecular flexibility index (Phi) is 6.12. The number of nitrogens with two attached hydrogens (primary N) is 1. The standard InChI is InChI=1S/C13H24N2O3/c1-10(4-6-14)2-3-12(16)15-7-5-11(9-15)8-13(17)18/h10-11H,2-9,14H2,1H3,(H,17,18). The van der Waals surface area contributed by atoms with Crippen LogP contribution in [0, 0.1) is 11.8 Å². The molecule has 1 heterocycles. The first-order chi connectivity index (χ1) is 8.52. The number of carboxylic acid groups (broad SMARTS) is 1. The molecule has 0 aromatic rings. The smallest absolute Gasteiger partial charge is 0.303 e. The van der Waals surface area contributed by atoms with Crippen molar-refractivity contribution in [2.75, 3.05) is 19.6 Å². The second kappa shape index (κ2) is 7.36. The Morgan fingerprint density at radius 1 is 1.44 bits per heavy atom. The molecule has 1 aliphatic heterocycles. The molecule has 18 heavy (non-hydrogen) atoms. The van der Waals surface area contributed by atoms with Crippen LogP contribution in [0.1, 0.15) is 39.0 Å². The Morgan fingerprint density at radius 2 is 2.17 bits per heavy atom. The number of rotatable bonds is 7. The molecule has 5 nitrogen and oxygen atoms in total. The summed E-state index contributed by atoms with van der Waals surface area (Å²) in [6.07, 6.45) is 3.37. The Hall–Kier alpha value is -1.10. The van der Waals surface area contributed by atoms with Crippen LogP contribution in [0.25, 0.3) is 0 Å². The van der Waals surface area contributed by atoms with Crippen LogP contribution in [0.4, 0.5) is 0 Å². The van der Waals surface area contributed by atoms with Gasteiger partial charge in [0.05, 0.1) is 0 Å². The summed E-state index contributed by atoms with van der Waals surface area (Å²) in [5, 5.41) is 8.72. The van der Waals surface area contributed by atoms with Crippen LogP contribution < -0.4 is 5.73 Å². The van der Waals surface area contributed by atoms with Gasteiger partial charge in [-0.2, -0.15) is 0 Å². The van der Waals surface area contributed by atoms with E-state index in [0.29, 0.717) is 32.0 Å². The lowest BCUT2D eigenvalue weighted by atomic mass is 10.0. The van der Waals surface area contributed by atoms with Crippen LogP contribution in [0.2, 0.25) is 0 Å². The zero-order valence-electron chi connectivity index (χ0n) is 11.1. The van der Waals surface area contributed by atoms with E-state index in [9.17, 15) is 9.59 Å². The fraction of sp³-hybridized carbons (Fsp3) is 0.846. The molecule has 0 radical (unpaired) electrons. The number of carbonyl (C=O) groups is 2. The van der Waals surface area contributed by atoms with E-state index in [1.807, 2.05) is 4.90 Å². The summed E-state index contributed by atoms with van der Waals surface area (Å²) in [5.41, 5.74) is 5.47. The van der Waals surface area contributed by atoms with Crippen LogP contribution in [0.15, 0.2) is 0 Å². The second-order valence-electron chi connectivity index (χ2n) is 5.31. The van der Waals surface area contributed by atoms with Gasteiger partial charge in [-0.1, -0.05) is 6.92 Å². The van der Waals surface area contributed by atoms with Crippen LogP contribution in [0.3, 0.4) is 0 Å². The minimum absolute atomic E-state index is 0.132. The molecule has 1 fully saturated rings. The minimum atomic E-state index is -0.772. The van der Waals surface area contributed by atoms with E-state index in [4.69, 9.17) is 10.8 Å². The van der Waals surface area contributed by atoms with E-state index in [2.05, 4.69) is 6.92 Å². The van der Waals surface area contributed by atoms with E-state index in [0.717, 1.165) is 19.3 Å². The van der Waals surface area contributed by atoms with E-state index in [-0.39, 0.29) is 18.2 Å². The van der Waals surface area contributed by atoms with E-state index >= 15 is 0 Å². The topological polar surface area (TPSA) is 83.6 Å². The van der Waals surface area contributed by atoms with Crippen molar-refractivity contribution in [3.63, 3.8) is 0 Å². The summed E-state index contributed by atoms with van der Waals surface area (Å²) in [7, 11) is 0. The first-order valence-corrected chi connectivity index (χ1v) is 6.72. The molecule has 0 saturated carbocycles. The number of likely N-dealkylation sites (tertiary alicyclic amines) is 1. The second-order valence-corrected chi connectivity index (χ2v) is 5.31. The third kappa shape index (κ3) is 5.04. The fourth-order valence-electron chi connectivity index (χ4n) is 2.43. The van der Waals surface area contributed by atoms with Gasteiger partial charge in [0.1, 0.15) is 0 Å². The molecule has 3 N–H and O–H groups in total. The Bertz CT molecular complexity index is 294. The highest BCUT2D eigenvalue weighted by Crippen LogP contribution is 2.21. The average molecular weight is 256 g/mol. The minimum Gasteiger partial charge on any atom is -0.481 e. The molecule has 1 rings (SSSR count). The summed E-state index contributed by atoms with van der Waals surface area (Å²) >= 11 is 0. The van der Waals surface area contributed by atoms with Crippen molar-refractivity contribution in [2.45, 2.75) is 39.0 Å². The Balaban J connectivity index is 2.25. The van der Waals surface area contributed by atoms with Crippen molar-refractivity contribution in [3.05, 3.63) is 0 Å². The van der Waals surface area contributed by atoms with Crippen molar-refractivity contribution >= 4 is 11.9 Å². The maximum absolute atomic E-state index is 11.9. The molecule has 104 valence electrons. The van der Waals surface area contributed by atoms with Crippen molar-refractivity contribution < 1.29 is 14.7 Å². The van der Waals surface area contributed by atoms with Crippen LogP contribution in [-0.4, -0.2) is 41.5 Å². The van der Waals surface area contributed by atoms with Gasteiger partial charge in [-0.15, -0.1) is 0 Å². The van der Waals surface area contributed by atoms with Gasteiger partial charge in [-0.3, -0.25) is 9.59 Å². The van der Waals surface area contributed by atoms with Gasteiger partial charge in [0.25, 0.3) is 0 Å². The first-order valence-electron chi connectivity index (χ1n) is 6.72. The first kappa shape index (κ1) is 15.0. The normalized spacial score (nSPS) is 21.0. The highest BCUT2D eigenvalue weighted by atomic mass is 16.4. The van der Waals surface area contributed by atoms with Gasteiger partial charge in [0.2, 0.25) is 5.91 Å². The van der Waals surface area contributed by atoms with Crippen molar-refractivity contribution in [1.82, 2.24) is 4.90 Å². The number of carbonyl (C=O) groups excluding carboxylic acids is 1. The Labute approximate surface area is 108 Å². The molecule has 0 bridgehead atoms. The summed E-state index contributed by atoms with van der Waals surface area (Å²) in [6.45, 7) is 4.09. The molecule has 0 aliphatic carbocycles. The molecular weight excluding hydrogens is 232 g/mol. The molecule has 0 spiro atoms. The van der Waals surface area contributed by atoms with Crippen molar-refractivity contribution in [2.24, 2.45) is 17.6 Å². The van der Waals surface area contributed by atoms with E-state index < -0.39 is 5.97 Å². The van der Waals surface area contributed by atoms with Gasteiger partial charge >= 0.3 is 5.97 Å².